The zero-order valence-corrected chi connectivity index (χ0v) is 19.6. The Morgan fingerprint density at radius 1 is 0.969 bits per heavy atom. The normalized spacial score (nSPS) is 11.5. The number of unbranched alkanes of at least 4 members (excludes halogenated alkanes) is 1. The highest BCUT2D eigenvalue weighted by molar-refractivity contribution is 7.91. The summed E-state index contributed by atoms with van der Waals surface area (Å²) in [5.41, 5.74) is 1.03. The largest absolute Gasteiger partial charge is 0.497 e. The molecule has 0 bridgehead atoms. The molecule has 0 saturated heterocycles. The molecule has 0 unspecified atom stereocenters. The average Bonchev–Trinajstić information content (AvgIpc) is 3.00. The van der Waals surface area contributed by atoms with Crippen LogP contribution in [0.1, 0.15) is 30.1 Å². The highest BCUT2D eigenvalue weighted by atomic mass is 32.2. The van der Waals surface area contributed by atoms with Gasteiger partial charge in [0.05, 0.1) is 41.6 Å². The minimum Gasteiger partial charge on any atom is -0.497 e. The van der Waals surface area contributed by atoms with Crippen LogP contribution >= 0.6 is 0 Å². The van der Waals surface area contributed by atoms with Crippen molar-refractivity contribution >= 4 is 32.5 Å². The standard InChI is InChI=1S/C22H27N3O6S/c1-6-7-8-32(28,29)20-13-19-18(24(2)22(27)25(19)3)12-17(20)23-21(26)14-9-15(30-4)11-16(10-14)31-5/h9-13H,6-8H2,1-5H3,(H,23,26). The number of aromatic nitrogens is 2. The smallest absolute Gasteiger partial charge is 0.328 e. The number of aryl methyl sites for hydroxylation is 2. The summed E-state index contributed by atoms with van der Waals surface area (Å²) in [6.07, 6.45) is 1.19. The molecule has 1 heterocycles. The van der Waals surface area contributed by atoms with Gasteiger partial charge in [0.15, 0.2) is 9.84 Å². The number of imidazole rings is 1. The third-order valence-electron chi connectivity index (χ3n) is 5.34. The monoisotopic (exact) mass is 461 g/mol. The lowest BCUT2D eigenvalue weighted by Gasteiger charge is -2.14. The molecule has 0 aliphatic rings. The summed E-state index contributed by atoms with van der Waals surface area (Å²) in [6, 6.07) is 7.65. The van der Waals surface area contributed by atoms with Crippen LogP contribution < -0.4 is 20.5 Å². The molecule has 1 amide bonds. The number of rotatable bonds is 8. The van der Waals surface area contributed by atoms with Crippen LogP contribution in [0.5, 0.6) is 11.5 Å². The molecule has 3 rings (SSSR count). The summed E-state index contributed by atoms with van der Waals surface area (Å²) in [7, 11) is 2.40. The van der Waals surface area contributed by atoms with Crippen molar-refractivity contribution in [2.75, 3.05) is 25.3 Å². The zero-order chi connectivity index (χ0) is 23.6. The summed E-state index contributed by atoms with van der Waals surface area (Å²) in [4.78, 5) is 25.4. The molecule has 1 aromatic heterocycles. The second-order valence-electron chi connectivity index (χ2n) is 7.47. The molecule has 9 nitrogen and oxygen atoms in total. The van der Waals surface area contributed by atoms with Gasteiger partial charge in [-0.1, -0.05) is 13.3 Å². The average molecular weight is 462 g/mol. The van der Waals surface area contributed by atoms with Gasteiger partial charge in [-0.15, -0.1) is 0 Å². The van der Waals surface area contributed by atoms with Crippen LogP contribution in [0.4, 0.5) is 5.69 Å². The van der Waals surface area contributed by atoms with Gasteiger partial charge in [-0.3, -0.25) is 13.9 Å². The van der Waals surface area contributed by atoms with Gasteiger partial charge in [0.25, 0.3) is 5.91 Å². The van der Waals surface area contributed by atoms with Gasteiger partial charge in [-0.05, 0) is 30.7 Å². The number of methoxy groups -OCH3 is 2. The third kappa shape index (κ3) is 4.36. The Morgan fingerprint density at radius 3 is 2.06 bits per heavy atom. The number of ether oxygens (including phenoxy) is 2. The Labute approximate surface area is 186 Å². The molecule has 1 N–H and O–H groups in total. The van der Waals surface area contributed by atoms with E-state index < -0.39 is 15.7 Å². The van der Waals surface area contributed by atoms with Crippen LogP contribution in [0.15, 0.2) is 40.0 Å². The molecule has 2 aromatic carbocycles. The Balaban J connectivity index is 2.16. The van der Waals surface area contributed by atoms with Gasteiger partial charge in [0, 0.05) is 25.7 Å². The molecule has 32 heavy (non-hydrogen) atoms. The topological polar surface area (TPSA) is 109 Å². The van der Waals surface area contributed by atoms with Crippen molar-refractivity contribution in [1.82, 2.24) is 9.13 Å². The maximum atomic E-state index is 13.1. The van der Waals surface area contributed by atoms with Gasteiger partial charge >= 0.3 is 5.69 Å². The van der Waals surface area contributed by atoms with E-state index in [2.05, 4.69) is 5.32 Å². The lowest BCUT2D eigenvalue weighted by Crippen LogP contribution is -2.19. The fourth-order valence-corrected chi connectivity index (χ4v) is 5.08. The number of benzene rings is 2. The van der Waals surface area contributed by atoms with Crippen LogP contribution in [-0.4, -0.2) is 43.4 Å². The number of fused-ring (bicyclic) bond motifs is 1. The Morgan fingerprint density at radius 2 is 1.53 bits per heavy atom. The summed E-state index contributed by atoms with van der Waals surface area (Å²) >= 11 is 0. The maximum Gasteiger partial charge on any atom is 0.328 e. The van der Waals surface area contributed by atoms with E-state index in [-0.39, 0.29) is 27.6 Å². The van der Waals surface area contributed by atoms with Gasteiger partial charge in [-0.25, -0.2) is 13.2 Å². The quantitative estimate of drug-likeness (QED) is 0.553. The minimum atomic E-state index is -3.71. The second-order valence-corrected chi connectivity index (χ2v) is 9.54. The first-order chi connectivity index (χ1) is 15.1. The van der Waals surface area contributed by atoms with E-state index >= 15 is 0 Å². The lowest BCUT2D eigenvalue weighted by atomic mass is 10.1. The van der Waals surface area contributed by atoms with Crippen molar-refractivity contribution in [3.63, 3.8) is 0 Å². The number of anilines is 1. The van der Waals surface area contributed by atoms with Gasteiger partial charge < -0.3 is 14.8 Å². The summed E-state index contributed by atoms with van der Waals surface area (Å²) < 4.78 is 39.4. The Bertz CT molecular complexity index is 1320. The van der Waals surface area contributed by atoms with Crippen molar-refractivity contribution in [3.05, 3.63) is 46.4 Å². The molecule has 0 radical (unpaired) electrons. The van der Waals surface area contributed by atoms with Crippen LogP contribution in [0.2, 0.25) is 0 Å². The summed E-state index contributed by atoms with van der Waals surface area (Å²) in [5.74, 6) is 0.248. The van der Waals surface area contributed by atoms with E-state index in [9.17, 15) is 18.0 Å². The van der Waals surface area contributed by atoms with Gasteiger partial charge in [-0.2, -0.15) is 0 Å². The summed E-state index contributed by atoms with van der Waals surface area (Å²) in [5, 5.41) is 2.71. The van der Waals surface area contributed by atoms with E-state index in [1.807, 2.05) is 6.92 Å². The molecule has 0 aliphatic carbocycles. The SMILES string of the molecule is CCCCS(=O)(=O)c1cc2c(cc1NC(=O)c1cc(OC)cc(OC)c1)n(C)c(=O)n2C. The Kier molecular flexibility index (Phi) is 6.63. The predicted octanol–water partition coefficient (Wildman–Crippen LogP) is 2.72. The van der Waals surface area contributed by atoms with E-state index in [1.54, 1.807) is 20.2 Å². The van der Waals surface area contributed by atoms with Crippen LogP contribution in [0, 0.1) is 0 Å². The van der Waals surface area contributed by atoms with E-state index in [4.69, 9.17) is 9.47 Å². The molecular formula is C22H27N3O6S. The highest BCUT2D eigenvalue weighted by Crippen LogP contribution is 2.30. The first-order valence-electron chi connectivity index (χ1n) is 10.1. The predicted molar refractivity (Wildman–Crippen MR) is 123 cm³/mol. The van der Waals surface area contributed by atoms with Crippen molar-refractivity contribution in [2.45, 2.75) is 24.7 Å². The number of hydrogen-bond acceptors (Lipinski definition) is 6. The second kappa shape index (κ2) is 9.07. The minimum absolute atomic E-state index is 0.0251. The van der Waals surface area contributed by atoms with Crippen LogP contribution in [0.3, 0.4) is 0 Å². The first kappa shape index (κ1) is 23.4. The fourth-order valence-electron chi connectivity index (χ4n) is 3.46. The molecule has 172 valence electrons. The molecular weight excluding hydrogens is 434 g/mol. The molecule has 3 aromatic rings. The molecule has 0 atom stereocenters. The van der Waals surface area contributed by atoms with Crippen molar-refractivity contribution in [1.29, 1.82) is 0 Å². The summed E-state index contributed by atoms with van der Waals surface area (Å²) in [6.45, 7) is 1.90. The number of nitrogens with one attached hydrogen (secondary N) is 1. The molecule has 0 spiro atoms. The number of nitrogens with zero attached hydrogens (tertiary/aromatic N) is 2. The van der Waals surface area contributed by atoms with E-state index in [1.165, 1.54) is 47.6 Å². The van der Waals surface area contributed by atoms with E-state index in [0.717, 1.165) is 0 Å². The van der Waals surface area contributed by atoms with Crippen molar-refractivity contribution in [2.24, 2.45) is 14.1 Å². The maximum absolute atomic E-state index is 13.1. The van der Waals surface area contributed by atoms with Crippen LogP contribution in [-0.2, 0) is 23.9 Å². The number of carbonyl (C=O) groups excluding carboxylic acids is 1. The number of amides is 1. The van der Waals surface area contributed by atoms with Gasteiger partial charge in [0.1, 0.15) is 11.5 Å². The van der Waals surface area contributed by atoms with Crippen molar-refractivity contribution in [3.8, 4) is 11.5 Å². The van der Waals surface area contributed by atoms with Crippen molar-refractivity contribution < 1.29 is 22.7 Å². The molecule has 0 aliphatic heterocycles. The van der Waals surface area contributed by atoms with Crippen LogP contribution in [0.25, 0.3) is 11.0 Å². The van der Waals surface area contributed by atoms with E-state index in [0.29, 0.717) is 35.4 Å². The fraction of sp³-hybridized carbons (Fsp3) is 0.364. The third-order valence-corrected chi connectivity index (χ3v) is 7.17. The number of sulfone groups is 1. The molecule has 0 saturated carbocycles. The number of hydrogen-bond donors (Lipinski definition) is 1. The number of carbonyl (C=O) groups is 1. The van der Waals surface area contributed by atoms with Gasteiger partial charge in [0.2, 0.25) is 0 Å². The molecule has 10 heteroatoms. The highest BCUT2D eigenvalue weighted by Gasteiger charge is 2.23. The first-order valence-corrected chi connectivity index (χ1v) is 11.7. The molecule has 0 fully saturated rings. The lowest BCUT2D eigenvalue weighted by molar-refractivity contribution is 0.102. The Hall–Kier alpha value is -3.27. The zero-order valence-electron chi connectivity index (χ0n) is 18.8.